The van der Waals surface area contributed by atoms with Crippen molar-refractivity contribution in [3.8, 4) is 17.1 Å². The van der Waals surface area contributed by atoms with Crippen molar-refractivity contribution in [3.63, 3.8) is 0 Å². The van der Waals surface area contributed by atoms with E-state index in [9.17, 15) is 19.1 Å². The molecular weight excluding hydrogens is 455 g/mol. The highest BCUT2D eigenvalue weighted by Crippen LogP contribution is 2.31. The van der Waals surface area contributed by atoms with Gasteiger partial charge in [-0.3, -0.25) is 4.79 Å². The molecule has 1 fully saturated rings. The van der Waals surface area contributed by atoms with Crippen molar-refractivity contribution in [2.75, 3.05) is 0 Å². The first-order valence-electron chi connectivity index (χ1n) is 11.5. The van der Waals surface area contributed by atoms with E-state index >= 15 is 0 Å². The first-order chi connectivity index (χ1) is 16.9. The largest absolute Gasteiger partial charge is 0.490 e. The third kappa shape index (κ3) is 6.38. The zero-order valence-corrected chi connectivity index (χ0v) is 19.3. The second kappa shape index (κ2) is 11.0. The molecule has 3 aromatic rings. The molecule has 1 amide bonds. The molecule has 0 spiro atoms. The number of ether oxygens (including phenoxy) is 2. The quantitative estimate of drug-likeness (QED) is 0.452. The Hall–Kier alpha value is -3.88. The van der Waals surface area contributed by atoms with E-state index in [2.05, 4.69) is 10.5 Å². The third-order valence-corrected chi connectivity index (χ3v) is 6.05. The second-order valence-corrected chi connectivity index (χ2v) is 8.60. The topological polar surface area (TPSA) is 111 Å². The maximum absolute atomic E-state index is 13.3. The Bertz CT molecular complexity index is 1180. The van der Waals surface area contributed by atoms with Crippen molar-refractivity contribution >= 4 is 12.1 Å². The Morgan fingerprint density at radius 2 is 2.00 bits per heavy atom. The van der Waals surface area contributed by atoms with Crippen LogP contribution < -0.4 is 10.1 Å². The summed E-state index contributed by atoms with van der Waals surface area (Å²) in [6.45, 7) is 1.87. The van der Waals surface area contributed by atoms with Crippen molar-refractivity contribution in [1.29, 1.82) is 0 Å². The molecule has 2 aromatic carbocycles. The summed E-state index contributed by atoms with van der Waals surface area (Å²) in [5.41, 5.74) is 2.65. The van der Waals surface area contributed by atoms with Gasteiger partial charge in [0.05, 0.1) is 24.3 Å². The highest BCUT2D eigenvalue weighted by molar-refractivity contribution is 5.70. The van der Waals surface area contributed by atoms with Gasteiger partial charge in [-0.05, 0) is 74.6 Å². The fraction of sp³-hybridized carbons (Fsp3) is 0.346. The lowest BCUT2D eigenvalue weighted by Gasteiger charge is -2.27. The molecule has 4 rings (SSSR count). The molecule has 1 aromatic heterocycles. The van der Waals surface area contributed by atoms with E-state index in [0.29, 0.717) is 41.2 Å². The summed E-state index contributed by atoms with van der Waals surface area (Å²) in [5, 5.41) is 16.0. The number of nitrogens with zero attached hydrogens (tertiary/aromatic N) is 1. The van der Waals surface area contributed by atoms with Crippen LogP contribution in [0, 0.1) is 18.7 Å². The monoisotopic (exact) mass is 482 g/mol. The van der Waals surface area contributed by atoms with Crippen LogP contribution in [0.4, 0.5) is 9.18 Å². The molecular formula is C26H27FN2O6. The summed E-state index contributed by atoms with van der Waals surface area (Å²) in [5.74, 6) is -0.352. The number of halogens is 1. The van der Waals surface area contributed by atoms with Crippen molar-refractivity contribution in [2.24, 2.45) is 5.92 Å². The van der Waals surface area contributed by atoms with E-state index in [1.54, 1.807) is 19.1 Å². The minimum atomic E-state index is -0.770. The highest BCUT2D eigenvalue weighted by atomic mass is 19.1. The van der Waals surface area contributed by atoms with Crippen LogP contribution in [0.15, 0.2) is 53.1 Å². The molecule has 0 bridgehead atoms. The van der Waals surface area contributed by atoms with Gasteiger partial charge < -0.3 is 24.4 Å². The van der Waals surface area contributed by atoms with E-state index in [4.69, 9.17) is 14.0 Å². The summed E-state index contributed by atoms with van der Waals surface area (Å²) < 4.78 is 29.9. The van der Waals surface area contributed by atoms with Gasteiger partial charge in [0, 0.05) is 11.1 Å². The van der Waals surface area contributed by atoms with Gasteiger partial charge in [0.1, 0.15) is 18.2 Å². The molecule has 1 heterocycles. The van der Waals surface area contributed by atoms with Gasteiger partial charge in [0.25, 0.3) is 0 Å². The smallest absolute Gasteiger partial charge is 0.407 e. The summed E-state index contributed by atoms with van der Waals surface area (Å²) in [7, 11) is 0. The van der Waals surface area contributed by atoms with Crippen LogP contribution in [-0.2, 0) is 22.7 Å². The first-order valence-corrected chi connectivity index (χ1v) is 11.5. The number of carboxylic acids is 1. The number of alkyl carbamates (subject to hydrolysis) is 1. The third-order valence-electron chi connectivity index (χ3n) is 6.05. The fourth-order valence-electron chi connectivity index (χ4n) is 4.16. The van der Waals surface area contributed by atoms with Crippen LogP contribution >= 0.6 is 0 Å². The highest BCUT2D eigenvalue weighted by Gasteiger charge is 2.28. The van der Waals surface area contributed by atoms with Gasteiger partial charge in [-0.15, -0.1) is 0 Å². The standard InChI is InChI=1S/C26H27FN2O6/c1-16-23(14-28-26(32)33-15-17-4-2-6-20(27)12-17)24(35-29-16)18-8-10-21(11-9-18)34-22-7-3-5-19(13-22)25(30)31/h2,4,6,8-12,19,22H,3,5,7,13-15H2,1H3,(H,28,32)(H,30,31)/t19-,22-/m0/s1. The molecule has 9 heteroatoms. The number of carboxylic acid groups (broad SMARTS) is 1. The Morgan fingerprint density at radius 3 is 2.74 bits per heavy atom. The van der Waals surface area contributed by atoms with Crippen LogP contribution in [-0.4, -0.2) is 28.4 Å². The molecule has 0 unspecified atom stereocenters. The molecule has 8 nitrogen and oxygen atoms in total. The van der Waals surface area contributed by atoms with Crippen molar-refractivity contribution in [3.05, 3.63) is 71.2 Å². The molecule has 35 heavy (non-hydrogen) atoms. The molecule has 184 valence electrons. The number of aliphatic carboxylic acids is 1. The van der Waals surface area contributed by atoms with Crippen molar-refractivity contribution in [1.82, 2.24) is 10.5 Å². The molecule has 0 saturated heterocycles. The zero-order chi connectivity index (χ0) is 24.8. The normalized spacial score (nSPS) is 17.5. The van der Waals surface area contributed by atoms with Gasteiger partial charge in [-0.25, -0.2) is 9.18 Å². The summed E-state index contributed by atoms with van der Waals surface area (Å²) in [6, 6.07) is 13.1. The second-order valence-electron chi connectivity index (χ2n) is 8.60. The van der Waals surface area contributed by atoms with Crippen molar-refractivity contribution in [2.45, 2.75) is 51.9 Å². The molecule has 2 N–H and O–H groups in total. The van der Waals surface area contributed by atoms with Crippen LogP contribution in [0.2, 0.25) is 0 Å². The van der Waals surface area contributed by atoms with Gasteiger partial charge in [0.2, 0.25) is 0 Å². The molecule has 0 radical (unpaired) electrons. The number of aryl methyl sites for hydroxylation is 1. The maximum Gasteiger partial charge on any atom is 0.407 e. The van der Waals surface area contributed by atoms with Gasteiger partial charge in [-0.2, -0.15) is 0 Å². The van der Waals surface area contributed by atoms with Gasteiger partial charge in [-0.1, -0.05) is 17.3 Å². The Balaban J connectivity index is 1.34. The predicted octanol–water partition coefficient (Wildman–Crippen LogP) is 5.24. The van der Waals surface area contributed by atoms with Gasteiger partial charge in [0.15, 0.2) is 5.76 Å². The fourth-order valence-corrected chi connectivity index (χ4v) is 4.16. The average Bonchev–Trinajstić information content (AvgIpc) is 3.22. The number of aromatic nitrogens is 1. The average molecular weight is 483 g/mol. The Kier molecular flexibility index (Phi) is 7.64. The minimum Gasteiger partial charge on any atom is -0.490 e. The minimum absolute atomic E-state index is 0.0469. The number of nitrogens with one attached hydrogen (secondary N) is 1. The number of amides is 1. The Morgan fingerprint density at radius 1 is 1.20 bits per heavy atom. The molecule has 1 saturated carbocycles. The molecule has 1 aliphatic carbocycles. The number of rotatable bonds is 8. The number of hydrogen-bond acceptors (Lipinski definition) is 6. The van der Waals surface area contributed by atoms with Gasteiger partial charge >= 0.3 is 12.1 Å². The molecule has 1 aliphatic rings. The number of benzene rings is 2. The van der Waals surface area contributed by atoms with Crippen LogP contribution in [0.1, 0.15) is 42.5 Å². The van der Waals surface area contributed by atoms with Crippen molar-refractivity contribution < 1.29 is 33.1 Å². The predicted molar refractivity (Wildman–Crippen MR) is 124 cm³/mol. The number of carbonyl (C=O) groups excluding carboxylic acids is 1. The maximum atomic E-state index is 13.3. The van der Waals surface area contributed by atoms with E-state index in [-0.39, 0.29) is 25.2 Å². The van der Waals surface area contributed by atoms with E-state index in [1.807, 2.05) is 24.3 Å². The lowest BCUT2D eigenvalue weighted by Crippen LogP contribution is -2.29. The SMILES string of the molecule is Cc1noc(-c2ccc(O[C@H]3CCC[C@H](C(=O)O)C3)cc2)c1CNC(=O)OCc1cccc(F)c1. The molecule has 0 aliphatic heterocycles. The zero-order valence-electron chi connectivity index (χ0n) is 19.3. The summed E-state index contributed by atoms with van der Waals surface area (Å²) >= 11 is 0. The lowest BCUT2D eigenvalue weighted by atomic mass is 9.87. The van der Waals surface area contributed by atoms with E-state index in [1.165, 1.54) is 12.1 Å². The first kappa shape index (κ1) is 24.3. The van der Waals surface area contributed by atoms with Crippen LogP contribution in [0.3, 0.4) is 0 Å². The van der Waals surface area contributed by atoms with E-state index < -0.39 is 17.9 Å². The Labute approximate surface area is 202 Å². The van der Waals surface area contributed by atoms with Crippen LogP contribution in [0.25, 0.3) is 11.3 Å². The molecule has 2 atom stereocenters. The summed E-state index contributed by atoms with van der Waals surface area (Å²) in [6.07, 6.45) is 2.09. The lowest BCUT2D eigenvalue weighted by molar-refractivity contribution is -0.143. The summed E-state index contributed by atoms with van der Waals surface area (Å²) in [4.78, 5) is 23.4. The van der Waals surface area contributed by atoms with Crippen LogP contribution in [0.5, 0.6) is 5.75 Å². The number of carbonyl (C=O) groups is 2. The number of hydrogen-bond donors (Lipinski definition) is 2. The van der Waals surface area contributed by atoms with E-state index in [0.717, 1.165) is 18.4 Å².